The Morgan fingerprint density at radius 1 is 1.22 bits per heavy atom. The van der Waals surface area contributed by atoms with Gasteiger partial charge in [-0.2, -0.15) is 5.10 Å². The van der Waals surface area contributed by atoms with Crippen molar-refractivity contribution in [2.45, 2.75) is 17.6 Å². The smallest absolute Gasteiger partial charge is 0.359 e. The van der Waals surface area contributed by atoms with Gasteiger partial charge in [0.1, 0.15) is 0 Å². The zero-order valence-electron chi connectivity index (χ0n) is 14.3. The Morgan fingerprint density at radius 2 is 2.00 bits per heavy atom. The number of aromatic nitrogens is 2. The van der Waals surface area contributed by atoms with Crippen molar-refractivity contribution < 1.29 is 17.9 Å². The van der Waals surface area contributed by atoms with Crippen LogP contribution in [0.2, 0.25) is 0 Å². The van der Waals surface area contributed by atoms with Crippen molar-refractivity contribution in [1.29, 1.82) is 0 Å². The maximum absolute atomic E-state index is 12.8. The van der Waals surface area contributed by atoms with Crippen LogP contribution in [0.5, 0.6) is 0 Å². The second-order valence-corrected chi connectivity index (χ2v) is 8.92. The van der Waals surface area contributed by atoms with Crippen molar-refractivity contribution in [1.82, 2.24) is 9.78 Å². The molecular weight excluding hydrogens is 432 g/mol. The summed E-state index contributed by atoms with van der Waals surface area (Å²) < 4.78 is 33.1. The van der Waals surface area contributed by atoms with Crippen LogP contribution in [0, 0.1) is 0 Å². The Bertz CT molecular complexity index is 1170. The van der Waals surface area contributed by atoms with Gasteiger partial charge in [-0.05, 0) is 31.2 Å². The SMILES string of the molecule is CCOC(=O)c1nn(-c2cccc(Br)c2)c2c1CS(=O)(=O)c1ccccc1-2. The Hall–Kier alpha value is -2.45. The fourth-order valence-corrected chi connectivity index (χ4v) is 5.20. The standard InChI is InChI=1S/C19H15BrN2O4S/c1-2-26-19(23)17-15-11-27(24,25)16-9-4-3-8-14(16)18(15)22(21-17)13-7-5-6-12(20)10-13/h3-10H,2,11H2,1H3. The van der Waals surface area contributed by atoms with Gasteiger partial charge in [0.25, 0.3) is 0 Å². The minimum Gasteiger partial charge on any atom is -0.461 e. The number of benzene rings is 2. The van der Waals surface area contributed by atoms with Crippen molar-refractivity contribution in [3.8, 4) is 16.9 Å². The van der Waals surface area contributed by atoms with Crippen LogP contribution in [0.3, 0.4) is 0 Å². The van der Waals surface area contributed by atoms with E-state index in [1.807, 2.05) is 24.3 Å². The highest BCUT2D eigenvalue weighted by molar-refractivity contribution is 9.10. The van der Waals surface area contributed by atoms with E-state index in [4.69, 9.17) is 4.74 Å². The summed E-state index contributed by atoms with van der Waals surface area (Å²) in [5.41, 5.74) is 2.24. The van der Waals surface area contributed by atoms with E-state index in [2.05, 4.69) is 21.0 Å². The summed E-state index contributed by atoms with van der Waals surface area (Å²) in [5, 5.41) is 4.44. The molecule has 1 aromatic heterocycles. The largest absolute Gasteiger partial charge is 0.461 e. The van der Waals surface area contributed by atoms with Crippen LogP contribution in [0.1, 0.15) is 23.0 Å². The molecule has 6 nitrogen and oxygen atoms in total. The molecule has 3 aromatic rings. The number of hydrogen-bond donors (Lipinski definition) is 0. The van der Waals surface area contributed by atoms with Crippen molar-refractivity contribution in [3.05, 3.63) is 64.3 Å². The molecule has 2 aromatic carbocycles. The van der Waals surface area contributed by atoms with Crippen LogP contribution in [-0.2, 0) is 20.3 Å². The molecule has 0 saturated carbocycles. The molecule has 1 aliphatic heterocycles. The molecule has 4 rings (SSSR count). The number of ether oxygens (including phenoxy) is 1. The summed E-state index contributed by atoms with van der Waals surface area (Å²) in [6.45, 7) is 1.88. The molecule has 27 heavy (non-hydrogen) atoms. The third kappa shape index (κ3) is 2.98. The van der Waals surface area contributed by atoms with E-state index in [0.717, 1.165) is 4.47 Å². The molecule has 2 heterocycles. The number of carbonyl (C=O) groups is 1. The van der Waals surface area contributed by atoms with E-state index >= 15 is 0 Å². The van der Waals surface area contributed by atoms with Crippen LogP contribution in [0.15, 0.2) is 57.9 Å². The van der Waals surface area contributed by atoms with Gasteiger partial charge in [-0.15, -0.1) is 0 Å². The zero-order chi connectivity index (χ0) is 19.2. The lowest BCUT2D eigenvalue weighted by Gasteiger charge is -2.19. The van der Waals surface area contributed by atoms with Crippen LogP contribution in [-0.4, -0.2) is 30.8 Å². The first-order valence-electron chi connectivity index (χ1n) is 8.29. The highest BCUT2D eigenvalue weighted by Gasteiger charge is 2.36. The van der Waals surface area contributed by atoms with E-state index < -0.39 is 15.8 Å². The highest BCUT2D eigenvalue weighted by Crippen LogP contribution is 2.40. The molecule has 0 unspecified atom stereocenters. The van der Waals surface area contributed by atoms with Gasteiger partial charge in [-0.25, -0.2) is 17.9 Å². The third-order valence-corrected chi connectivity index (χ3v) is 6.50. The predicted octanol–water partition coefficient (Wildman–Crippen LogP) is 3.77. The number of rotatable bonds is 3. The molecule has 0 atom stereocenters. The molecule has 0 fully saturated rings. The Balaban J connectivity index is 2.06. The van der Waals surface area contributed by atoms with Gasteiger partial charge in [0.2, 0.25) is 0 Å². The zero-order valence-corrected chi connectivity index (χ0v) is 16.7. The van der Waals surface area contributed by atoms with Crippen molar-refractivity contribution in [3.63, 3.8) is 0 Å². The first-order chi connectivity index (χ1) is 12.9. The van der Waals surface area contributed by atoms with Gasteiger partial charge >= 0.3 is 5.97 Å². The number of fused-ring (bicyclic) bond motifs is 3. The fraction of sp³-hybridized carbons (Fsp3) is 0.158. The summed E-state index contributed by atoms with van der Waals surface area (Å²) in [6.07, 6.45) is 0. The average molecular weight is 447 g/mol. The number of nitrogens with zero attached hydrogens (tertiary/aromatic N) is 2. The molecule has 0 radical (unpaired) electrons. The van der Waals surface area contributed by atoms with E-state index in [-0.39, 0.29) is 22.9 Å². The minimum absolute atomic E-state index is 0.0323. The lowest BCUT2D eigenvalue weighted by Crippen LogP contribution is -2.16. The Kier molecular flexibility index (Phi) is 4.39. The van der Waals surface area contributed by atoms with Crippen molar-refractivity contribution >= 4 is 31.7 Å². The quantitative estimate of drug-likeness (QED) is 0.572. The van der Waals surface area contributed by atoms with Gasteiger partial charge in [0.05, 0.1) is 28.6 Å². The van der Waals surface area contributed by atoms with E-state index in [1.54, 1.807) is 35.9 Å². The number of carbonyl (C=O) groups excluding carboxylic acids is 1. The maximum atomic E-state index is 12.8. The van der Waals surface area contributed by atoms with Crippen LogP contribution < -0.4 is 0 Å². The molecule has 1 aliphatic rings. The average Bonchev–Trinajstić information content (AvgIpc) is 3.01. The third-order valence-electron chi connectivity index (χ3n) is 4.32. The molecule has 0 amide bonds. The second-order valence-electron chi connectivity index (χ2n) is 6.04. The van der Waals surface area contributed by atoms with E-state index in [9.17, 15) is 13.2 Å². The van der Waals surface area contributed by atoms with E-state index in [1.165, 1.54) is 0 Å². The summed E-state index contributed by atoms with van der Waals surface area (Å²) >= 11 is 3.44. The number of hydrogen-bond acceptors (Lipinski definition) is 5. The molecule has 0 bridgehead atoms. The molecule has 0 N–H and O–H groups in total. The lowest BCUT2D eigenvalue weighted by molar-refractivity contribution is 0.0518. The number of sulfone groups is 1. The second kappa shape index (κ2) is 6.61. The van der Waals surface area contributed by atoms with Crippen LogP contribution >= 0.6 is 15.9 Å². The summed E-state index contributed by atoms with van der Waals surface area (Å²) in [6, 6.07) is 14.2. The molecular formula is C19H15BrN2O4S. The van der Waals surface area contributed by atoms with Crippen LogP contribution in [0.4, 0.5) is 0 Å². The van der Waals surface area contributed by atoms with Crippen molar-refractivity contribution in [2.75, 3.05) is 6.61 Å². The Morgan fingerprint density at radius 3 is 2.74 bits per heavy atom. The lowest BCUT2D eigenvalue weighted by atomic mass is 10.1. The summed E-state index contributed by atoms with van der Waals surface area (Å²) in [5.74, 6) is -0.918. The van der Waals surface area contributed by atoms with Crippen molar-refractivity contribution in [2.24, 2.45) is 0 Å². The Labute approximate surface area is 164 Å². The van der Waals surface area contributed by atoms with E-state index in [0.29, 0.717) is 22.5 Å². The van der Waals surface area contributed by atoms with Gasteiger partial charge in [-0.1, -0.05) is 40.2 Å². The predicted molar refractivity (Wildman–Crippen MR) is 104 cm³/mol. The summed E-state index contributed by atoms with van der Waals surface area (Å²) in [4.78, 5) is 12.7. The number of esters is 1. The molecule has 0 aliphatic carbocycles. The molecule has 0 saturated heterocycles. The van der Waals surface area contributed by atoms with Crippen LogP contribution in [0.25, 0.3) is 16.9 Å². The minimum atomic E-state index is -3.57. The highest BCUT2D eigenvalue weighted by atomic mass is 79.9. The van der Waals surface area contributed by atoms with Gasteiger partial charge < -0.3 is 4.74 Å². The molecule has 138 valence electrons. The summed E-state index contributed by atoms with van der Waals surface area (Å²) in [7, 11) is -3.57. The topological polar surface area (TPSA) is 78.3 Å². The first-order valence-corrected chi connectivity index (χ1v) is 10.7. The number of halogens is 1. The normalized spacial score (nSPS) is 14.3. The van der Waals surface area contributed by atoms with Gasteiger partial charge in [-0.3, -0.25) is 0 Å². The monoisotopic (exact) mass is 446 g/mol. The molecule has 8 heteroatoms. The van der Waals surface area contributed by atoms with Gasteiger partial charge in [0.15, 0.2) is 15.5 Å². The first kappa shape index (κ1) is 17.9. The molecule has 0 spiro atoms. The van der Waals surface area contributed by atoms with Gasteiger partial charge in [0, 0.05) is 15.6 Å². The fourth-order valence-electron chi connectivity index (χ4n) is 3.22. The maximum Gasteiger partial charge on any atom is 0.359 e.